The van der Waals surface area contributed by atoms with Crippen molar-refractivity contribution >= 4 is 5.82 Å². The number of nitrogens with one attached hydrogen (secondary N) is 1. The van der Waals surface area contributed by atoms with Gasteiger partial charge in [0, 0.05) is 18.3 Å². The molecule has 0 fully saturated rings. The van der Waals surface area contributed by atoms with Crippen LogP contribution in [-0.4, -0.2) is 35.9 Å². The molecule has 0 amide bonds. The number of pyridine rings is 1. The number of aryl methyl sites for hydroxylation is 1. The molecule has 7 heteroatoms. The van der Waals surface area contributed by atoms with Crippen molar-refractivity contribution in [2.75, 3.05) is 26.1 Å². The standard InChI is InChI=1S/C24H24N4O3/c1-16-4-7-18(8-5-16)23-27-24(31-28-23)19-9-11-22(26-15-19)25-13-12-17-6-10-20(29-2)21(14-17)30-3/h4-11,14-15H,12-13H2,1-3H3,(H,25,26). The van der Waals surface area contributed by atoms with Gasteiger partial charge in [-0.2, -0.15) is 4.98 Å². The number of aromatic nitrogens is 3. The Morgan fingerprint density at radius 2 is 1.68 bits per heavy atom. The van der Waals surface area contributed by atoms with E-state index in [4.69, 9.17) is 14.0 Å². The van der Waals surface area contributed by atoms with Gasteiger partial charge in [0.15, 0.2) is 11.5 Å². The molecule has 0 bridgehead atoms. The molecule has 1 N–H and O–H groups in total. The summed E-state index contributed by atoms with van der Waals surface area (Å²) < 4.78 is 16.0. The first kappa shape index (κ1) is 20.4. The van der Waals surface area contributed by atoms with Crippen LogP contribution in [0, 0.1) is 6.92 Å². The number of hydrogen-bond donors (Lipinski definition) is 1. The van der Waals surface area contributed by atoms with Gasteiger partial charge in [-0.15, -0.1) is 0 Å². The fourth-order valence-electron chi connectivity index (χ4n) is 3.16. The largest absolute Gasteiger partial charge is 0.493 e. The van der Waals surface area contributed by atoms with Crippen LogP contribution in [-0.2, 0) is 6.42 Å². The van der Waals surface area contributed by atoms with Gasteiger partial charge < -0.3 is 19.3 Å². The second kappa shape index (κ2) is 9.30. The minimum Gasteiger partial charge on any atom is -0.493 e. The summed E-state index contributed by atoms with van der Waals surface area (Å²) in [7, 11) is 3.27. The molecule has 7 nitrogen and oxygen atoms in total. The van der Waals surface area contributed by atoms with Crippen molar-refractivity contribution < 1.29 is 14.0 Å². The maximum atomic E-state index is 5.41. The Hall–Kier alpha value is -3.87. The maximum absolute atomic E-state index is 5.41. The first-order valence-corrected chi connectivity index (χ1v) is 9.98. The fourth-order valence-corrected chi connectivity index (χ4v) is 3.16. The Kier molecular flexibility index (Phi) is 6.12. The van der Waals surface area contributed by atoms with Crippen molar-refractivity contribution in [3.8, 4) is 34.3 Å². The molecule has 2 heterocycles. The van der Waals surface area contributed by atoms with Gasteiger partial charge in [0.1, 0.15) is 5.82 Å². The normalized spacial score (nSPS) is 10.7. The molecule has 0 saturated heterocycles. The van der Waals surface area contributed by atoms with E-state index in [0.29, 0.717) is 11.7 Å². The van der Waals surface area contributed by atoms with Crippen molar-refractivity contribution in [3.63, 3.8) is 0 Å². The lowest BCUT2D eigenvalue weighted by atomic mass is 10.1. The van der Waals surface area contributed by atoms with Gasteiger partial charge in [-0.3, -0.25) is 0 Å². The van der Waals surface area contributed by atoms with Crippen LogP contribution in [0.15, 0.2) is 65.3 Å². The zero-order valence-electron chi connectivity index (χ0n) is 17.8. The van der Waals surface area contributed by atoms with E-state index in [1.165, 1.54) is 5.56 Å². The average Bonchev–Trinajstić information content (AvgIpc) is 3.30. The zero-order chi connectivity index (χ0) is 21.6. The number of ether oxygens (including phenoxy) is 2. The molecule has 4 rings (SSSR count). The number of methoxy groups -OCH3 is 2. The van der Waals surface area contributed by atoms with Crippen LogP contribution in [0.3, 0.4) is 0 Å². The number of rotatable bonds is 8. The molecule has 2 aromatic heterocycles. The van der Waals surface area contributed by atoms with Crippen molar-refractivity contribution in [2.45, 2.75) is 13.3 Å². The molecule has 0 saturated carbocycles. The van der Waals surface area contributed by atoms with Gasteiger partial charge in [0.05, 0.1) is 19.8 Å². The highest BCUT2D eigenvalue weighted by molar-refractivity contribution is 5.60. The fraction of sp³-hybridized carbons (Fsp3) is 0.208. The highest BCUT2D eigenvalue weighted by Gasteiger charge is 2.11. The Morgan fingerprint density at radius 1 is 0.903 bits per heavy atom. The lowest BCUT2D eigenvalue weighted by Crippen LogP contribution is -2.06. The van der Waals surface area contributed by atoms with E-state index in [1.807, 2.05) is 61.5 Å². The molecule has 31 heavy (non-hydrogen) atoms. The molecular formula is C24H24N4O3. The van der Waals surface area contributed by atoms with Crippen molar-refractivity contribution in [2.24, 2.45) is 0 Å². The Morgan fingerprint density at radius 3 is 2.39 bits per heavy atom. The van der Waals surface area contributed by atoms with Crippen LogP contribution in [0.4, 0.5) is 5.82 Å². The molecule has 4 aromatic rings. The lowest BCUT2D eigenvalue weighted by Gasteiger charge is -2.10. The summed E-state index contributed by atoms with van der Waals surface area (Å²) >= 11 is 0. The van der Waals surface area contributed by atoms with Crippen LogP contribution in [0.5, 0.6) is 11.5 Å². The van der Waals surface area contributed by atoms with Crippen LogP contribution in [0.1, 0.15) is 11.1 Å². The molecule has 0 aliphatic rings. The predicted octanol–water partition coefficient (Wildman–Crippen LogP) is 4.78. The molecule has 0 atom stereocenters. The highest BCUT2D eigenvalue weighted by atomic mass is 16.5. The number of hydrogen-bond acceptors (Lipinski definition) is 7. The van der Waals surface area contributed by atoms with Crippen molar-refractivity contribution in [1.29, 1.82) is 0 Å². The van der Waals surface area contributed by atoms with Gasteiger partial charge in [-0.05, 0) is 43.2 Å². The smallest absolute Gasteiger partial charge is 0.259 e. The highest BCUT2D eigenvalue weighted by Crippen LogP contribution is 2.28. The molecule has 158 valence electrons. The van der Waals surface area contributed by atoms with Crippen molar-refractivity contribution in [3.05, 3.63) is 71.9 Å². The predicted molar refractivity (Wildman–Crippen MR) is 119 cm³/mol. The van der Waals surface area contributed by atoms with E-state index in [2.05, 4.69) is 20.4 Å². The molecule has 0 aliphatic heterocycles. The summed E-state index contributed by atoms with van der Waals surface area (Å²) in [5, 5.41) is 7.40. The maximum Gasteiger partial charge on any atom is 0.259 e. The van der Waals surface area contributed by atoms with E-state index in [1.54, 1.807) is 20.4 Å². The third-order valence-corrected chi connectivity index (χ3v) is 4.91. The molecule has 0 aliphatic carbocycles. The number of benzene rings is 2. The summed E-state index contributed by atoms with van der Waals surface area (Å²) in [6.45, 7) is 2.78. The van der Waals surface area contributed by atoms with E-state index in [9.17, 15) is 0 Å². The van der Waals surface area contributed by atoms with E-state index < -0.39 is 0 Å². The van der Waals surface area contributed by atoms with Crippen LogP contribution in [0.25, 0.3) is 22.8 Å². The summed E-state index contributed by atoms with van der Waals surface area (Å²) in [5.41, 5.74) is 4.03. The van der Waals surface area contributed by atoms with Gasteiger partial charge in [0.25, 0.3) is 5.89 Å². The van der Waals surface area contributed by atoms with Gasteiger partial charge in [-0.25, -0.2) is 4.98 Å². The monoisotopic (exact) mass is 416 g/mol. The quantitative estimate of drug-likeness (QED) is 0.443. The molecule has 0 spiro atoms. The van der Waals surface area contributed by atoms with Crippen LogP contribution < -0.4 is 14.8 Å². The third kappa shape index (κ3) is 4.83. The first-order valence-electron chi connectivity index (χ1n) is 9.98. The Balaban J connectivity index is 1.36. The topological polar surface area (TPSA) is 82.3 Å². The van der Waals surface area contributed by atoms with E-state index >= 15 is 0 Å². The molecular weight excluding hydrogens is 392 g/mol. The lowest BCUT2D eigenvalue weighted by molar-refractivity contribution is 0.354. The van der Waals surface area contributed by atoms with Gasteiger partial charge >= 0.3 is 0 Å². The molecule has 0 unspecified atom stereocenters. The number of anilines is 1. The summed E-state index contributed by atoms with van der Waals surface area (Å²) in [6, 6.07) is 17.7. The SMILES string of the molecule is COc1ccc(CCNc2ccc(-c3nc(-c4ccc(C)cc4)no3)cn2)cc1OC. The minimum atomic E-state index is 0.444. The van der Waals surface area contributed by atoms with Crippen LogP contribution in [0.2, 0.25) is 0 Å². The average molecular weight is 416 g/mol. The second-order valence-corrected chi connectivity index (χ2v) is 7.09. The van der Waals surface area contributed by atoms with E-state index in [0.717, 1.165) is 47.0 Å². The number of nitrogens with zero attached hydrogens (tertiary/aromatic N) is 3. The summed E-state index contributed by atoms with van der Waals surface area (Å²) in [5.74, 6) is 3.24. The summed E-state index contributed by atoms with van der Waals surface area (Å²) in [4.78, 5) is 8.94. The minimum absolute atomic E-state index is 0.444. The van der Waals surface area contributed by atoms with Gasteiger partial charge in [0.2, 0.25) is 5.82 Å². The van der Waals surface area contributed by atoms with Gasteiger partial charge in [-0.1, -0.05) is 41.1 Å². The third-order valence-electron chi connectivity index (χ3n) is 4.91. The first-order chi connectivity index (χ1) is 15.2. The summed E-state index contributed by atoms with van der Waals surface area (Å²) in [6.07, 6.45) is 2.55. The second-order valence-electron chi connectivity index (χ2n) is 7.09. The Labute approximate surface area is 181 Å². The van der Waals surface area contributed by atoms with Crippen molar-refractivity contribution in [1.82, 2.24) is 15.1 Å². The van der Waals surface area contributed by atoms with Crippen LogP contribution >= 0.6 is 0 Å². The molecule has 2 aromatic carbocycles. The molecule has 0 radical (unpaired) electrons. The van der Waals surface area contributed by atoms with E-state index in [-0.39, 0.29) is 0 Å². The zero-order valence-corrected chi connectivity index (χ0v) is 17.8. The Bertz CT molecular complexity index is 1140.